The third-order valence-corrected chi connectivity index (χ3v) is 1.47. The maximum Gasteiger partial charge on any atom is 0.193 e. The van der Waals surface area contributed by atoms with Gasteiger partial charge < -0.3 is 0 Å². The van der Waals surface area contributed by atoms with Crippen LogP contribution in [0, 0.1) is 23.5 Å². The van der Waals surface area contributed by atoms with Crippen LogP contribution in [0.4, 0.5) is 8.78 Å². The van der Waals surface area contributed by atoms with E-state index in [4.69, 9.17) is 0 Å². The van der Waals surface area contributed by atoms with Crippen molar-refractivity contribution in [3.05, 3.63) is 34.9 Å². The molecule has 1 rings (SSSR count). The van der Waals surface area contributed by atoms with Gasteiger partial charge in [0, 0.05) is 5.56 Å². The molecule has 14 heavy (non-hydrogen) atoms. The van der Waals surface area contributed by atoms with Crippen LogP contribution in [0.5, 0.6) is 0 Å². The normalized spacial score (nSPS) is 8.71. The molecule has 0 radical (unpaired) electrons. The minimum absolute atomic E-state index is 0.0118. The minimum atomic E-state index is -0.991. The van der Waals surface area contributed by atoms with Crippen molar-refractivity contribution < 1.29 is 18.4 Å². The Kier molecular flexibility index (Phi) is 3.08. The second-order valence-electron chi connectivity index (χ2n) is 2.36. The zero-order chi connectivity index (χ0) is 10.6. The van der Waals surface area contributed by atoms with Crippen molar-refractivity contribution >= 4 is 12.6 Å². The summed E-state index contributed by atoms with van der Waals surface area (Å²) in [6.45, 7) is 0. The van der Waals surface area contributed by atoms with Crippen LogP contribution in [-0.4, -0.2) is 12.6 Å². The number of hydrogen-bond acceptors (Lipinski definition) is 2. The zero-order valence-corrected chi connectivity index (χ0v) is 6.88. The predicted octanol–water partition coefficient (Wildman–Crippen LogP) is 1.33. The molecule has 0 spiro atoms. The third kappa shape index (κ3) is 2.02. The van der Waals surface area contributed by atoms with Crippen LogP contribution < -0.4 is 0 Å². The lowest BCUT2D eigenvalue weighted by atomic mass is 10.1. The summed E-state index contributed by atoms with van der Waals surface area (Å²) in [6, 6.07) is 1.78. The summed E-state index contributed by atoms with van der Waals surface area (Å²) in [6.07, 6.45) is 0.394. The van der Waals surface area contributed by atoms with E-state index in [1.54, 1.807) is 0 Å². The number of rotatable bonds is 1. The molecule has 0 amide bonds. The highest BCUT2D eigenvalue weighted by molar-refractivity contribution is 5.77. The molecule has 1 aromatic carbocycles. The molecule has 0 atom stereocenters. The second-order valence-corrected chi connectivity index (χ2v) is 2.36. The van der Waals surface area contributed by atoms with E-state index in [1.165, 1.54) is 0 Å². The van der Waals surface area contributed by atoms with Gasteiger partial charge >= 0.3 is 0 Å². The Morgan fingerprint density at radius 2 is 1.71 bits per heavy atom. The number of carbonyl (C=O) groups is 2. The molecule has 1 aromatic rings. The quantitative estimate of drug-likeness (QED) is 0.499. The highest BCUT2D eigenvalue weighted by Gasteiger charge is 2.08. The van der Waals surface area contributed by atoms with Crippen molar-refractivity contribution in [3.8, 4) is 11.8 Å². The molecule has 0 aliphatic heterocycles. The largest absolute Gasteiger partial charge is 0.298 e. The van der Waals surface area contributed by atoms with Crippen LogP contribution >= 0.6 is 0 Å². The average molecular weight is 194 g/mol. The summed E-state index contributed by atoms with van der Waals surface area (Å²) in [4.78, 5) is 20.1. The van der Waals surface area contributed by atoms with E-state index < -0.39 is 17.2 Å². The SMILES string of the molecule is O=CC#Cc1cc(F)c(C=O)c(F)c1. The Labute approximate surface area is 78.5 Å². The number of halogens is 2. The summed E-state index contributed by atoms with van der Waals surface area (Å²) in [7, 11) is 0. The maximum absolute atomic E-state index is 12.9. The van der Waals surface area contributed by atoms with Crippen LogP contribution in [0.2, 0.25) is 0 Å². The summed E-state index contributed by atoms with van der Waals surface area (Å²) < 4.78 is 25.8. The Balaban J connectivity index is 3.26. The summed E-state index contributed by atoms with van der Waals surface area (Å²) >= 11 is 0. The van der Waals surface area contributed by atoms with Crippen LogP contribution in [0.3, 0.4) is 0 Å². The minimum Gasteiger partial charge on any atom is -0.298 e. The van der Waals surface area contributed by atoms with Gasteiger partial charge in [0.2, 0.25) is 0 Å². The monoisotopic (exact) mass is 194 g/mol. The van der Waals surface area contributed by atoms with Crippen molar-refractivity contribution in [3.63, 3.8) is 0 Å². The van der Waals surface area contributed by atoms with Gasteiger partial charge in [-0.3, -0.25) is 9.59 Å². The van der Waals surface area contributed by atoms with Crippen molar-refractivity contribution in [2.45, 2.75) is 0 Å². The number of hydrogen-bond donors (Lipinski definition) is 0. The van der Waals surface area contributed by atoms with Gasteiger partial charge in [-0.15, -0.1) is 0 Å². The maximum atomic E-state index is 12.9. The lowest BCUT2D eigenvalue weighted by Crippen LogP contribution is -1.94. The van der Waals surface area contributed by atoms with Gasteiger partial charge in [0.05, 0.1) is 5.56 Å². The van der Waals surface area contributed by atoms with E-state index in [0.29, 0.717) is 6.29 Å². The van der Waals surface area contributed by atoms with E-state index in [2.05, 4.69) is 5.92 Å². The Morgan fingerprint density at radius 1 is 1.14 bits per heavy atom. The predicted molar refractivity (Wildman–Crippen MR) is 44.7 cm³/mol. The first-order valence-electron chi connectivity index (χ1n) is 3.58. The van der Waals surface area contributed by atoms with Gasteiger partial charge in [0.1, 0.15) is 11.6 Å². The Morgan fingerprint density at radius 3 is 2.14 bits per heavy atom. The third-order valence-electron chi connectivity index (χ3n) is 1.47. The molecule has 0 unspecified atom stereocenters. The van der Waals surface area contributed by atoms with E-state index in [-0.39, 0.29) is 11.8 Å². The first-order valence-corrected chi connectivity index (χ1v) is 3.58. The fourth-order valence-electron chi connectivity index (χ4n) is 0.882. The molecule has 4 heteroatoms. The molecule has 0 N–H and O–H groups in total. The molecular weight excluding hydrogens is 190 g/mol. The molecule has 0 saturated carbocycles. The smallest absolute Gasteiger partial charge is 0.193 e. The zero-order valence-electron chi connectivity index (χ0n) is 6.88. The molecule has 0 aliphatic rings. The Bertz CT molecular complexity index is 418. The molecule has 0 fully saturated rings. The van der Waals surface area contributed by atoms with Gasteiger partial charge in [0.25, 0.3) is 0 Å². The van der Waals surface area contributed by atoms with Crippen molar-refractivity contribution in [2.75, 3.05) is 0 Å². The Hall–Kier alpha value is -2.02. The van der Waals surface area contributed by atoms with E-state index in [0.717, 1.165) is 12.1 Å². The fraction of sp³-hybridized carbons (Fsp3) is 0. The molecule has 0 saturated heterocycles. The lowest BCUT2D eigenvalue weighted by Gasteiger charge is -1.97. The summed E-state index contributed by atoms with van der Waals surface area (Å²) in [5.74, 6) is 2.24. The van der Waals surface area contributed by atoms with Gasteiger partial charge in [-0.2, -0.15) is 0 Å². The molecule has 0 bridgehead atoms. The van der Waals surface area contributed by atoms with Gasteiger partial charge in [-0.05, 0) is 18.1 Å². The highest BCUT2D eigenvalue weighted by Crippen LogP contribution is 2.12. The van der Waals surface area contributed by atoms with Crippen molar-refractivity contribution in [1.29, 1.82) is 0 Å². The number of benzene rings is 1. The molecular formula is C10H4F2O2. The van der Waals surface area contributed by atoms with Crippen LogP contribution in [0.25, 0.3) is 0 Å². The highest BCUT2D eigenvalue weighted by atomic mass is 19.1. The van der Waals surface area contributed by atoms with Crippen LogP contribution in [0.15, 0.2) is 12.1 Å². The van der Waals surface area contributed by atoms with E-state index in [1.807, 2.05) is 5.92 Å². The van der Waals surface area contributed by atoms with Crippen molar-refractivity contribution in [1.82, 2.24) is 0 Å². The number of carbonyl (C=O) groups excluding carboxylic acids is 2. The average Bonchev–Trinajstić information content (AvgIpc) is 2.14. The topological polar surface area (TPSA) is 34.1 Å². The standard InChI is InChI=1S/C10H4F2O2/c11-9-4-7(2-1-3-13)5-10(12)8(9)6-14/h3-6H. The summed E-state index contributed by atoms with van der Waals surface area (Å²) in [5, 5.41) is 0. The van der Waals surface area contributed by atoms with Crippen LogP contribution in [0.1, 0.15) is 15.9 Å². The first-order chi connectivity index (χ1) is 6.69. The molecule has 70 valence electrons. The first kappa shape index (κ1) is 10.1. The lowest BCUT2D eigenvalue weighted by molar-refractivity contribution is -0.103. The molecule has 2 nitrogen and oxygen atoms in total. The van der Waals surface area contributed by atoms with Crippen LogP contribution in [-0.2, 0) is 4.79 Å². The van der Waals surface area contributed by atoms with E-state index >= 15 is 0 Å². The van der Waals surface area contributed by atoms with Gasteiger partial charge in [0.15, 0.2) is 12.6 Å². The summed E-state index contributed by atoms with van der Waals surface area (Å²) in [5.41, 5.74) is -0.626. The molecule has 0 aromatic heterocycles. The molecule has 0 aliphatic carbocycles. The van der Waals surface area contributed by atoms with Gasteiger partial charge in [-0.1, -0.05) is 5.92 Å². The number of aldehydes is 2. The fourth-order valence-corrected chi connectivity index (χ4v) is 0.882. The van der Waals surface area contributed by atoms with E-state index in [9.17, 15) is 18.4 Å². The van der Waals surface area contributed by atoms with Crippen molar-refractivity contribution in [2.24, 2.45) is 0 Å². The molecule has 0 heterocycles. The second kappa shape index (κ2) is 4.28. The van der Waals surface area contributed by atoms with Gasteiger partial charge in [-0.25, -0.2) is 8.78 Å².